The second-order valence-electron chi connectivity index (χ2n) is 6.69. The lowest BCUT2D eigenvalue weighted by molar-refractivity contribution is -0.122. The molecule has 0 spiro atoms. The summed E-state index contributed by atoms with van der Waals surface area (Å²) in [5, 5.41) is 6.56. The number of hydrogen-bond donors (Lipinski definition) is 2. The van der Waals surface area contributed by atoms with Crippen molar-refractivity contribution in [2.45, 2.75) is 45.2 Å². The molecule has 2 unspecified atom stereocenters. The van der Waals surface area contributed by atoms with Crippen molar-refractivity contribution in [1.29, 1.82) is 0 Å². The zero-order chi connectivity index (χ0) is 16.2. The summed E-state index contributed by atoms with van der Waals surface area (Å²) in [7, 11) is 0. The minimum absolute atomic E-state index is 0.0141. The molecule has 5 nitrogen and oxygen atoms in total. The summed E-state index contributed by atoms with van der Waals surface area (Å²) >= 11 is 0. The van der Waals surface area contributed by atoms with E-state index in [1.165, 1.54) is 0 Å². The molecule has 2 aliphatic rings. The van der Waals surface area contributed by atoms with E-state index >= 15 is 0 Å². The van der Waals surface area contributed by atoms with Gasteiger partial charge in [0.25, 0.3) is 0 Å². The van der Waals surface area contributed by atoms with Crippen molar-refractivity contribution in [3.05, 3.63) is 23.8 Å². The number of amides is 1. The van der Waals surface area contributed by atoms with Gasteiger partial charge in [0.05, 0.1) is 6.04 Å². The predicted molar refractivity (Wildman–Crippen MR) is 88.8 cm³/mol. The lowest BCUT2D eigenvalue weighted by Crippen LogP contribution is -2.36. The first-order valence-corrected chi connectivity index (χ1v) is 8.56. The number of fused-ring (bicyclic) bond motifs is 1. The van der Waals surface area contributed by atoms with Crippen molar-refractivity contribution in [2.24, 2.45) is 5.92 Å². The van der Waals surface area contributed by atoms with Crippen LogP contribution in [0.4, 0.5) is 0 Å². The van der Waals surface area contributed by atoms with Crippen LogP contribution in [0, 0.1) is 5.92 Å². The van der Waals surface area contributed by atoms with E-state index in [1.54, 1.807) is 0 Å². The highest BCUT2D eigenvalue weighted by molar-refractivity contribution is 5.77. The van der Waals surface area contributed by atoms with Crippen LogP contribution in [0.5, 0.6) is 11.5 Å². The molecule has 1 aromatic carbocycles. The highest BCUT2D eigenvalue weighted by Crippen LogP contribution is 2.34. The maximum atomic E-state index is 12.4. The van der Waals surface area contributed by atoms with E-state index in [2.05, 4.69) is 24.5 Å². The number of hydrogen-bond acceptors (Lipinski definition) is 4. The van der Waals surface area contributed by atoms with Crippen LogP contribution in [0.2, 0.25) is 0 Å². The summed E-state index contributed by atoms with van der Waals surface area (Å²) < 4.78 is 11.2. The Balaban J connectivity index is 1.69. The normalized spacial score (nSPS) is 21.3. The molecule has 1 amide bonds. The Labute approximate surface area is 137 Å². The third kappa shape index (κ3) is 3.96. The van der Waals surface area contributed by atoms with E-state index in [1.807, 2.05) is 18.2 Å². The number of ether oxygens (including phenoxy) is 2. The van der Waals surface area contributed by atoms with Crippen molar-refractivity contribution >= 4 is 5.91 Å². The molecule has 1 saturated heterocycles. The lowest BCUT2D eigenvalue weighted by atomic mass is 9.95. The molecule has 0 bridgehead atoms. The summed E-state index contributed by atoms with van der Waals surface area (Å²) in [4.78, 5) is 12.4. The van der Waals surface area contributed by atoms with Crippen molar-refractivity contribution in [3.63, 3.8) is 0 Å². The Bertz CT molecular complexity index is 553. The van der Waals surface area contributed by atoms with Gasteiger partial charge in [0.15, 0.2) is 11.5 Å². The van der Waals surface area contributed by atoms with Crippen molar-refractivity contribution in [2.75, 3.05) is 19.8 Å². The average molecular weight is 318 g/mol. The van der Waals surface area contributed by atoms with E-state index < -0.39 is 0 Å². The smallest absolute Gasteiger partial charge is 0.222 e. The Hall–Kier alpha value is -1.75. The first-order valence-electron chi connectivity index (χ1n) is 8.56. The molecule has 2 heterocycles. The number of benzene rings is 1. The molecule has 2 aliphatic heterocycles. The van der Waals surface area contributed by atoms with Gasteiger partial charge in [0, 0.05) is 12.5 Å². The first kappa shape index (κ1) is 16.1. The van der Waals surface area contributed by atoms with Crippen molar-refractivity contribution in [1.82, 2.24) is 10.6 Å². The molecule has 0 aliphatic carbocycles. The quantitative estimate of drug-likeness (QED) is 0.875. The molecule has 0 saturated carbocycles. The third-order valence-corrected chi connectivity index (χ3v) is 4.50. The summed E-state index contributed by atoms with van der Waals surface area (Å²) in [6.07, 6.45) is 2.80. The van der Waals surface area contributed by atoms with Crippen LogP contribution in [-0.4, -0.2) is 31.7 Å². The number of carbonyl (C=O) groups excluding carboxylic acids is 1. The molecule has 1 aromatic rings. The maximum absolute atomic E-state index is 12.4. The van der Waals surface area contributed by atoms with Gasteiger partial charge in [0.1, 0.15) is 13.2 Å². The zero-order valence-corrected chi connectivity index (χ0v) is 13.9. The molecule has 0 radical (unpaired) electrons. The van der Waals surface area contributed by atoms with E-state index in [0.29, 0.717) is 31.6 Å². The van der Waals surface area contributed by atoms with Gasteiger partial charge in [-0.1, -0.05) is 19.9 Å². The van der Waals surface area contributed by atoms with Crippen LogP contribution in [0.1, 0.15) is 44.7 Å². The maximum Gasteiger partial charge on any atom is 0.222 e. The van der Waals surface area contributed by atoms with Crippen LogP contribution in [0.15, 0.2) is 18.2 Å². The molecular weight excluding hydrogens is 292 g/mol. The summed E-state index contributed by atoms with van der Waals surface area (Å²) in [5.74, 6) is 1.96. The van der Waals surface area contributed by atoms with Gasteiger partial charge < -0.3 is 20.1 Å². The molecule has 3 rings (SSSR count). The number of carbonyl (C=O) groups is 1. The van der Waals surface area contributed by atoms with Gasteiger partial charge in [0.2, 0.25) is 5.91 Å². The molecule has 5 heteroatoms. The van der Waals surface area contributed by atoms with E-state index in [4.69, 9.17) is 9.47 Å². The van der Waals surface area contributed by atoms with Crippen molar-refractivity contribution < 1.29 is 14.3 Å². The van der Waals surface area contributed by atoms with Gasteiger partial charge in [-0.25, -0.2) is 0 Å². The number of nitrogens with one attached hydrogen (secondary N) is 2. The Morgan fingerprint density at radius 2 is 2.09 bits per heavy atom. The van der Waals surface area contributed by atoms with Crippen LogP contribution in [0.25, 0.3) is 0 Å². The Morgan fingerprint density at radius 3 is 2.78 bits per heavy atom. The lowest BCUT2D eigenvalue weighted by Gasteiger charge is -2.26. The van der Waals surface area contributed by atoms with Crippen LogP contribution in [0.3, 0.4) is 0 Å². The second kappa shape index (κ2) is 7.21. The average Bonchev–Trinajstić information content (AvgIpc) is 3.05. The molecule has 23 heavy (non-hydrogen) atoms. The largest absolute Gasteiger partial charge is 0.486 e. The third-order valence-electron chi connectivity index (χ3n) is 4.50. The van der Waals surface area contributed by atoms with Gasteiger partial charge in [-0.2, -0.15) is 0 Å². The minimum Gasteiger partial charge on any atom is -0.486 e. The second-order valence-corrected chi connectivity index (χ2v) is 6.69. The Morgan fingerprint density at radius 1 is 1.30 bits per heavy atom. The molecule has 2 atom stereocenters. The SMILES string of the molecule is CC(C)C(NC(=O)CC1CCCN1)c1ccc2c(c1)OCCO2. The van der Waals surface area contributed by atoms with Gasteiger partial charge in [-0.15, -0.1) is 0 Å². The van der Waals surface area contributed by atoms with Gasteiger partial charge in [-0.3, -0.25) is 4.79 Å². The highest BCUT2D eigenvalue weighted by Gasteiger charge is 2.23. The fourth-order valence-corrected chi connectivity index (χ4v) is 3.28. The van der Waals surface area contributed by atoms with Gasteiger partial charge in [-0.05, 0) is 43.0 Å². The van der Waals surface area contributed by atoms with Crippen LogP contribution in [-0.2, 0) is 4.79 Å². The van der Waals surface area contributed by atoms with Crippen molar-refractivity contribution in [3.8, 4) is 11.5 Å². The van der Waals surface area contributed by atoms with E-state index in [-0.39, 0.29) is 11.9 Å². The number of rotatable bonds is 5. The topological polar surface area (TPSA) is 59.6 Å². The molecule has 1 fully saturated rings. The predicted octanol–water partition coefficient (Wildman–Crippen LogP) is 2.41. The monoisotopic (exact) mass is 318 g/mol. The van der Waals surface area contributed by atoms with Crippen LogP contribution < -0.4 is 20.1 Å². The summed E-state index contributed by atoms with van der Waals surface area (Å²) in [5.41, 5.74) is 1.07. The Kier molecular flexibility index (Phi) is 5.06. The first-order chi connectivity index (χ1) is 11.1. The molecule has 0 aromatic heterocycles. The highest BCUT2D eigenvalue weighted by atomic mass is 16.6. The fraction of sp³-hybridized carbons (Fsp3) is 0.611. The summed E-state index contributed by atoms with van der Waals surface area (Å²) in [6.45, 7) is 6.42. The fourth-order valence-electron chi connectivity index (χ4n) is 3.28. The van der Waals surface area contributed by atoms with Gasteiger partial charge >= 0.3 is 0 Å². The minimum atomic E-state index is -0.0141. The van der Waals surface area contributed by atoms with Crippen LogP contribution >= 0.6 is 0 Å². The summed E-state index contributed by atoms with van der Waals surface area (Å²) in [6, 6.07) is 6.26. The standard InChI is InChI=1S/C18H26N2O3/c1-12(2)18(20-17(21)11-14-4-3-7-19-14)13-5-6-15-16(10-13)23-9-8-22-15/h5-6,10,12,14,18-19H,3-4,7-9,11H2,1-2H3,(H,20,21). The molecular formula is C18H26N2O3. The molecule has 2 N–H and O–H groups in total. The molecule has 126 valence electrons. The zero-order valence-electron chi connectivity index (χ0n) is 13.9. The van der Waals surface area contributed by atoms with E-state index in [0.717, 1.165) is 36.4 Å². The van der Waals surface area contributed by atoms with E-state index in [9.17, 15) is 4.79 Å².